The summed E-state index contributed by atoms with van der Waals surface area (Å²) < 4.78 is 68.2. The first kappa shape index (κ1) is 23.6. The van der Waals surface area contributed by atoms with Crippen LogP contribution in [0.4, 0.5) is 13.2 Å². The highest BCUT2D eigenvalue weighted by Gasteiger charge is 2.36. The lowest BCUT2D eigenvalue weighted by Crippen LogP contribution is -2.48. The van der Waals surface area contributed by atoms with Gasteiger partial charge in [0.05, 0.1) is 15.5 Å². The molecular weight excluding hydrogens is 479 g/mol. The molecule has 3 aromatic rings. The number of carbonyl (C=O) groups is 1. The Morgan fingerprint density at radius 1 is 1.15 bits per heavy atom. The van der Waals surface area contributed by atoms with Gasteiger partial charge in [0.2, 0.25) is 15.9 Å². The number of hydrogen-bond acceptors (Lipinski definition) is 3. The second kappa shape index (κ2) is 9.00. The van der Waals surface area contributed by atoms with Crippen molar-refractivity contribution in [2.24, 2.45) is 0 Å². The molecule has 1 atom stereocenters. The van der Waals surface area contributed by atoms with Crippen LogP contribution in [0.25, 0.3) is 10.9 Å². The predicted octanol–water partition coefficient (Wildman–Crippen LogP) is 4.35. The third-order valence-corrected chi connectivity index (χ3v) is 7.46. The van der Waals surface area contributed by atoms with Crippen LogP contribution in [-0.4, -0.2) is 43.3 Å². The topological polar surface area (TPSA) is 82.3 Å². The number of amides is 1. The highest BCUT2D eigenvalue weighted by Crippen LogP contribution is 2.36. The van der Waals surface area contributed by atoms with E-state index in [0.29, 0.717) is 19.2 Å². The molecular formula is C22H21ClF3N3O3S. The molecule has 0 radical (unpaired) electrons. The van der Waals surface area contributed by atoms with Gasteiger partial charge in [-0.2, -0.15) is 17.9 Å². The van der Waals surface area contributed by atoms with E-state index < -0.39 is 43.6 Å². The van der Waals surface area contributed by atoms with Gasteiger partial charge in [0.25, 0.3) is 0 Å². The fourth-order valence-electron chi connectivity index (χ4n) is 4.00. The lowest BCUT2D eigenvalue weighted by molar-refractivity contribution is -0.137. The smallest absolute Gasteiger partial charge is 0.361 e. The molecule has 0 unspecified atom stereocenters. The molecule has 1 fully saturated rings. The molecule has 1 aliphatic rings. The number of aromatic amines is 1. The second-order valence-electron chi connectivity index (χ2n) is 7.91. The Balaban J connectivity index is 1.68. The zero-order valence-electron chi connectivity index (χ0n) is 17.3. The van der Waals surface area contributed by atoms with E-state index in [-0.39, 0.29) is 6.42 Å². The number of fused-ring (bicyclic) bond motifs is 1. The third-order valence-electron chi connectivity index (χ3n) is 5.67. The van der Waals surface area contributed by atoms with Crippen LogP contribution in [0.3, 0.4) is 0 Å². The molecule has 1 aliphatic heterocycles. The first-order valence-electron chi connectivity index (χ1n) is 10.3. The maximum Gasteiger partial charge on any atom is 0.417 e. The number of aromatic nitrogens is 1. The van der Waals surface area contributed by atoms with Crippen molar-refractivity contribution in [3.05, 3.63) is 64.8 Å². The number of H-pyrrole nitrogens is 1. The summed E-state index contributed by atoms with van der Waals surface area (Å²) in [5.41, 5.74) is 0.291. The van der Waals surface area contributed by atoms with Gasteiger partial charge in [0, 0.05) is 30.2 Å². The SMILES string of the molecule is O=C([C@@H](Cc1c[nH]c2ccccc12)NS(=O)(=O)c1ccc(Cl)c(C(F)(F)F)c1)N1CCCC1. The first-order chi connectivity index (χ1) is 15.6. The molecule has 1 saturated heterocycles. The summed E-state index contributed by atoms with van der Waals surface area (Å²) in [4.78, 5) is 17.2. The molecule has 176 valence electrons. The molecule has 0 spiro atoms. The number of para-hydroxylation sites is 1. The number of alkyl halides is 3. The summed E-state index contributed by atoms with van der Waals surface area (Å²) in [5, 5.41) is 0.228. The normalized spacial score (nSPS) is 15.8. The van der Waals surface area contributed by atoms with Crippen molar-refractivity contribution < 1.29 is 26.4 Å². The minimum Gasteiger partial charge on any atom is -0.361 e. The van der Waals surface area contributed by atoms with Gasteiger partial charge in [-0.1, -0.05) is 29.8 Å². The van der Waals surface area contributed by atoms with E-state index in [0.717, 1.165) is 41.4 Å². The van der Waals surface area contributed by atoms with Crippen LogP contribution in [0.5, 0.6) is 0 Å². The molecule has 6 nitrogen and oxygen atoms in total. The van der Waals surface area contributed by atoms with Gasteiger partial charge in [-0.3, -0.25) is 4.79 Å². The minimum absolute atomic E-state index is 0.0400. The number of likely N-dealkylation sites (tertiary alicyclic amines) is 1. The average Bonchev–Trinajstić information content (AvgIpc) is 3.42. The van der Waals surface area contributed by atoms with Crippen molar-refractivity contribution in [2.75, 3.05) is 13.1 Å². The molecule has 1 amide bonds. The van der Waals surface area contributed by atoms with Crippen LogP contribution in [0.1, 0.15) is 24.0 Å². The summed E-state index contributed by atoms with van der Waals surface area (Å²) in [6.45, 7) is 1.01. The Morgan fingerprint density at radius 3 is 2.55 bits per heavy atom. The molecule has 2 aromatic carbocycles. The van der Waals surface area contributed by atoms with Crippen LogP contribution in [0.15, 0.2) is 53.6 Å². The quantitative estimate of drug-likeness (QED) is 0.529. The molecule has 1 aromatic heterocycles. The number of nitrogens with zero attached hydrogens (tertiary/aromatic N) is 1. The zero-order valence-corrected chi connectivity index (χ0v) is 18.9. The molecule has 11 heteroatoms. The molecule has 2 heterocycles. The van der Waals surface area contributed by atoms with Crippen molar-refractivity contribution in [3.63, 3.8) is 0 Å². The van der Waals surface area contributed by atoms with Crippen LogP contribution in [0, 0.1) is 0 Å². The third kappa shape index (κ3) is 5.02. The zero-order chi connectivity index (χ0) is 23.8. The van der Waals surface area contributed by atoms with E-state index in [1.165, 1.54) is 0 Å². The maximum absolute atomic E-state index is 13.2. The predicted molar refractivity (Wildman–Crippen MR) is 118 cm³/mol. The van der Waals surface area contributed by atoms with E-state index >= 15 is 0 Å². The first-order valence-corrected chi connectivity index (χ1v) is 12.2. The van der Waals surface area contributed by atoms with Crippen molar-refractivity contribution in [1.82, 2.24) is 14.6 Å². The van der Waals surface area contributed by atoms with Crippen molar-refractivity contribution in [2.45, 2.75) is 36.4 Å². The van der Waals surface area contributed by atoms with Gasteiger partial charge in [-0.05, 0) is 49.1 Å². The summed E-state index contributed by atoms with van der Waals surface area (Å²) >= 11 is 5.62. The van der Waals surface area contributed by atoms with E-state index in [4.69, 9.17) is 11.6 Å². The average molecular weight is 500 g/mol. The van der Waals surface area contributed by atoms with E-state index in [2.05, 4.69) is 9.71 Å². The highest BCUT2D eigenvalue weighted by atomic mass is 35.5. The van der Waals surface area contributed by atoms with Gasteiger partial charge >= 0.3 is 6.18 Å². The fraction of sp³-hybridized carbons (Fsp3) is 0.318. The molecule has 4 rings (SSSR count). The van der Waals surface area contributed by atoms with E-state index in [1.807, 2.05) is 24.3 Å². The van der Waals surface area contributed by atoms with Gasteiger partial charge in [-0.15, -0.1) is 0 Å². The lowest BCUT2D eigenvalue weighted by atomic mass is 10.0. The second-order valence-corrected chi connectivity index (χ2v) is 10.0. The van der Waals surface area contributed by atoms with Crippen LogP contribution in [-0.2, 0) is 27.4 Å². The van der Waals surface area contributed by atoms with Gasteiger partial charge in [0.1, 0.15) is 6.04 Å². The van der Waals surface area contributed by atoms with E-state index in [9.17, 15) is 26.4 Å². The van der Waals surface area contributed by atoms with Crippen LogP contribution < -0.4 is 4.72 Å². The van der Waals surface area contributed by atoms with Crippen molar-refractivity contribution in [3.8, 4) is 0 Å². The summed E-state index contributed by atoms with van der Waals surface area (Å²) in [7, 11) is -4.46. The van der Waals surface area contributed by atoms with Crippen molar-refractivity contribution >= 4 is 38.4 Å². The lowest BCUT2D eigenvalue weighted by Gasteiger charge is -2.24. The number of sulfonamides is 1. The molecule has 2 N–H and O–H groups in total. The van der Waals surface area contributed by atoms with Gasteiger partial charge in [-0.25, -0.2) is 8.42 Å². The number of hydrogen-bond donors (Lipinski definition) is 2. The number of nitrogens with one attached hydrogen (secondary N) is 2. The molecule has 0 bridgehead atoms. The number of carbonyl (C=O) groups excluding carboxylic acids is 1. The number of rotatable bonds is 6. The summed E-state index contributed by atoms with van der Waals surface area (Å²) in [6.07, 6.45) is -1.46. The standard InChI is InChI=1S/C22H21ClF3N3O3S/c23-18-8-7-15(12-17(18)22(24,25)26)33(31,32)28-20(21(30)29-9-3-4-10-29)11-14-13-27-19-6-2-1-5-16(14)19/h1-2,5-8,12-13,20,27-28H,3-4,9-11H2/t20-/m1/s1. The Kier molecular flexibility index (Phi) is 6.43. The van der Waals surface area contributed by atoms with Crippen molar-refractivity contribution in [1.29, 1.82) is 0 Å². The van der Waals surface area contributed by atoms with Gasteiger partial charge < -0.3 is 9.88 Å². The molecule has 0 aliphatic carbocycles. The van der Waals surface area contributed by atoms with Gasteiger partial charge in [0.15, 0.2) is 0 Å². The Morgan fingerprint density at radius 2 is 1.85 bits per heavy atom. The Hall–Kier alpha value is -2.56. The minimum atomic E-state index is -4.82. The number of halogens is 4. The summed E-state index contributed by atoms with van der Waals surface area (Å²) in [6, 6.07) is 8.54. The summed E-state index contributed by atoms with van der Waals surface area (Å²) in [5.74, 6) is -0.411. The molecule has 33 heavy (non-hydrogen) atoms. The maximum atomic E-state index is 13.2. The van der Waals surface area contributed by atoms with E-state index in [1.54, 1.807) is 11.1 Å². The highest BCUT2D eigenvalue weighted by molar-refractivity contribution is 7.89. The monoisotopic (exact) mass is 499 g/mol. The van der Waals surface area contributed by atoms with Crippen LogP contribution in [0.2, 0.25) is 5.02 Å². The Bertz CT molecular complexity index is 1280. The number of benzene rings is 2. The molecule has 0 saturated carbocycles. The largest absolute Gasteiger partial charge is 0.417 e. The Labute approximate surface area is 193 Å². The van der Waals surface area contributed by atoms with Crippen LogP contribution >= 0.6 is 11.6 Å². The fourth-order valence-corrected chi connectivity index (χ4v) is 5.44.